The van der Waals surface area contributed by atoms with Crippen molar-refractivity contribution >= 4 is 5.97 Å². The maximum absolute atomic E-state index is 11.6. The van der Waals surface area contributed by atoms with Crippen LogP contribution in [0.4, 0.5) is 0 Å². The molecule has 0 radical (unpaired) electrons. The molecule has 4 nitrogen and oxygen atoms in total. The van der Waals surface area contributed by atoms with Gasteiger partial charge < -0.3 is 14.9 Å². The molecule has 0 heterocycles. The highest BCUT2D eigenvalue weighted by atomic mass is 16.6. The first-order valence-electron chi connectivity index (χ1n) is 9.71. The highest BCUT2D eigenvalue weighted by Gasteiger charge is 2.13. The highest BCUT2D eigenvalue weighted by molar-refractivity contribution is 5.87. The van der Waals surface area contributed by atoms with Gasteiger partial charge >= 0.3 is 5.97 Å². The summed E-state index contributed by atoms with van der Waals surface area (Å²) < 4.78 is 5.28. The van der Waals surface area contributed by atoms with Crippen molar-refractivity contribution in [2.45, 2.75) is 97.0 Å². The molecule has 0 saturated carbocycles. The molecule has 0 saturated heterocycles. The first-order chi connectivity index (χ1) is 11.7. The number of aliphatic hydroxyl groups is 2. The van der Waals surface area contributed by atoms with Gasteiger partial charge in [-0.05, 0) is 33.1 Å². The number of unbranched alkanes of at least 4 members (excludes halogenated alkanes) is 10. The van der Waals surface area contributed by atoms with Crippen LogP contribution in [0.2, 0.25) is 0 Å². The Labute approximate surface area is 148 Å². The van der Waals surface area contributed by atoms with E-state index in [2.05, 4.69) is 0 Å². The van der Waals surface area contributed by atoms with Gasteiger partial charge in [0, 0.05) is 12.2 Å². The molecule has 0 aliphatic heterocycles. The Bertz CT molecular complexity index is 326. The molecule has 0 amide bonds. The summed E-state index contributed by atoms with van der Waals surface area (Å²) in [6, 6.07) is 0. The van der Waals surface area contributed by atoms with Crippen LogP contribution in [0.15, 0.2) is 11.6 Å². The number of carbonyl (C=O) groups excluding carboxylic acids is 1. The summed E-state index contributed by atoms with van der Waals surface area (Å²) in [5, 5.41) is 18.0. The van der Waals surface area contributed by atoms with Gasteiger partial charge in [0.15, 0.2) is 0 Å². The van der Waals surface area contributed by atoms with E-state index in [1.807, 2.05) is 0 Å². The quantitative estimate of drug-likeness (QED) is 0.246. The summed E-state index contributed by atoms with van der Waals surface area (Å²) in [4.78, 5) is 11.6. The maximum atomic E-state index is 11.6. The van der Waals surface area contributed by atoms with Crippen molar-refractivity contribution in [1.29, 1.82) is 0 Å². The van der Waals surface area contributed by atoms with E-state index in [-0.39, 0.29) is 18.7 Å². The Morgan fingerprint density at radius 3 is 1.75 bits per heavy atom. The first kappa shape index (κ1) is 23.1. The molecular formula is C20H38O4. The molecule has 1 atom stereocenters. The van der Waals surface area contributed by atoms with Gasteiger partial charge in [0.1, 0.15) is 6.10 Å². The third-order valence-corrected chi connectivity index (χ3v) is 4.42. The molecule has 0 bridgehead atoms. The lowest BCUT2D eigenvalue weighted by Crippen LogP contribution is -2.22. The number of rotatable bonds is 16. The molecular weight excluding hydrogens is 304 g/mol. The predicted molar refractivity (Wildman–Crippen MR) is 98.9 cm³/mol. The SMILES string of the molecule is CC=C(C)C(=O)OC(CO)CCCCCCCCCCCCCO. The van der Waals surface area contributed by atoms with Crippen LogP contribution in [-0.4, -0.2) is 35.5 Å². The Balaban J connectivity index is 3.46. The third kappa shape index (κ3) is 13.6. The second kappa shape index (κ2) is 17.0. The van der Waals surface area contributed by atoms with Gasteiger partial charge in [0.2, 0.25) is 0 Å². The molecule has 0 spiro atoms. The van der Waals surface area contributed by atoms with Gasteiger partial charge in [-0.1, -0.05) is 63.9 Å². The Hall–Kier alpha value is -0.870. The second-order valence-corrected chi connectivity index (χ2v) is 6.58. The summed E-state index contributed by atoms with van der Waals surface area (Å²) in [6.07, 6.45) is 15.2. The molecule has 0 rings (SSSR count). The fourth-order valence-electron chi connectivity index (χ4n) is 2.62. The second-order valence-electron chi connectivity index (χ2n) is 6.58. The van der Waals surface area contributed by atoms with Crippen LogP contribution in [0.1, 0.15) is 90.9 Å². The van der Waals surface area contributed by atoms with Gasteiger partial charge in [-0.3, -0.25) is 0 Å². The van der Waals surface area contributed by atoms with Crippen molar-refractivity contribution in [3.8, 4) is 0 Å². The fourth-order valence-corrected chi connectivity index (χ4v) is 2.62. The van der Waals surface area contributed by atoms with E-state index in [4.69, 9.17) is 9.84 Å². The maximum Gasteiger partial charge on any atom is 0.333 e. The van der Waals surface area contributed by atoms with Crippen LogP contribution in [0.5, 0.6) is 0 Å². The molecule has 0 aliphatic carbocycles. The molecule has 0 aromatic heterocycles. The number of ether oxygens (including phenoxy) is 1. The van der Waals surface area contributed by atoms with Crippen LogP contribution in [0, 0.1) is 0 Å². The summed E-state index contributed by atoms with van der Waals surface area (Å²) in [5.74, 6) is -0.324. The van der Waals surface area contributed by atoms with E-state index >= 15 is 0 Å². The van der Waals surface area contributed by atoms with Crippen molar-refractivity contribution < 1.29 is 19.7 Å². The van der Waals surface area contributed by atoms with E-state index in [1.165, 1.54) is 44.9 Å². The lowest BCUT2D eigenvalue weighted by molar-refractivity contribution is -0.146. The normalized spacial score (nSPS) is 13.1. The monoisotopic (exact) mass is 342 g/mol. The number of hydrogen-bond donors (Lipinski definition) is 2. The summed E-state index contributed by atoms with van der Waals surface area (Å²) in [6.45, 7) is 3.76. The molecule has 2 N–H and O–H groups in total. The topological polar surface area (TPSA) is 66.8 Å². The predicted octanol–water partition coefficient (Wildman–Crippen LogP) is 4.53. The molecule has 24 heavy (non-hydrogen) atoms. The molecule has 4 heteroatoms. The minimum atomic E-state index is -0.369. The zero-order chi connectivity index (χ0) is 18.0. The summed E-state index contributed by atoms with van der Waals surface area (Å²) in [7, 11) is 0. The highest BCUT2D eigenvalue weighted by Crippen LogP contribution is 2.14. The zero-order valence-electron chi connectivity index (χ0n) is 15.8. The van der Waals surface area contributed by atoms with Gasteiger partial charge in [0.25, 0.3) is 0 Å². The van der Waals surface area contributed by atoms with Gasteiger partial charge in [-0.25, -0.2) is 4.79 Å². The Morgan fingerprint density at radius 1 is 0.875 bits per heavy atom. The minimum Gasteiger partial charge on any atom is -0.457 e. The molecule has 0 fully saturated rings. The van der Waals surface area contributed by atoms with Crippen molar-refractivity contribution in [2.24, 2.45) is 0 Å². The lowest BCUT2D eigenvalue weighted by Gasteiger charge is -2.15. The number of esters is 1. The average molecular weight is 343 g/mol. The third-order valence-electron chi connectivity index (χ3n) is 4.42. The van der Waals surface area contributed by atoms with E-state index in [0.717, 1.165) is 32.1 Å². The van der Waals surface area contributed by atoms with Crippen LogP contribution in [0.25, 0.3) is 0 Å². The largest absolute Gasteiger partial charge is 0.457 e. The first-order valence-corrected chi connectivity index (χ1v) is 9.71. The summed E-state index contributed by atoms with van der Waals surface area (Å²) in [5.41, 5.74) is 0.588. The van der Waals surface area contributed by atoms with Crippen LogP contribution >= 0.6 is 0 Å². The van der Waals surface area contributed by atoms with Crippen molar-refractivity contribution in [3.05, 3.63) is 11.6 Å². The average Bonchev–Trinajstić information content (AvgIpc) is 2.60. The molecule has 0 aliphatic rings. The Morgan fingerprint density at radius 2 is 1.33 bits per heavy atom. The number of carbonyl (C=O) groups is 1. The minimum absolute atomic E-state index is 0.0982. The van der Waals surface area contributed by atoms with Gasteiger partial charge in [0.05, 0.1) is 6.61 Å². The van der Waals surface area contributed by atoms with E-state index in [1.54, 1.807) is 19.9 Å². The summed E-state index contributed by atoms with van der Waals surface area (Å²) >= 11 is 0. The van der Waals surface area contributed by atoms with Crippen LogP contribution < -0.4 is 0 Å². The Kier molecular flexibility index (Phi) is 16.4. The number of allylic oxidation sites excluding steroid dienone is 1. The fraction of sp³-hybridized carbons (Fsp3) is 0.850. The molecule has 0 aromatic rings. The van der Waals surface area contributed by atoms with Crippen LogP contribution in [-0.2, 0) is 9.53 Å². The van der Waals surface area contributed by atoms with Crippen molar-refractivity contribution in [1.82, 2.24) is 0 Å². The molecule has 0 aromatic carbocycles. The van der Waals surface area contributed by atoms with E-state index < -0.39 is 0 Å². The van der Waals surface area contributed by atoms with E-state index in [9.17, 15) is 9.90 Å². The zero-order valence-corrected chi connectivity index (χ0v) is 15.8. The molecule has 142 valence electrons. The van der Waals surface area contributed by atoms with Crippen molar-refractivity contribution in [3.63, 3.8) is 0 Å². The van der Waals surface area contributed by atoms with Crippen molar-refractivity contribution in [2.75, 3.05) is 13.2 Å². The number of aliphatic hydroxyl groups excluding tert-OH is 2. The van der Waals surface area contributed by atoms with E-state index in [0.29, 0.717) is 12.2 Å². The molecule has 1 unspecified atom stereocenters. The van der Waals surface area contributed by atoms with Gasteiger partial charge in [-0.15, -0.1) is 0 Å². The van der Waals surface area contributed by atoms with Gasteiger partial charge in [-0.2, -0.15) is 0 Å². The smallest absolute Gasteiger partial charge is 0.333 e. The van der Waals surface area contributed by atoms with Crippen LogP contribution in [0.3, 0.4) is 0 Å². The number of hydrogen-bond acceptors (Lipinski definition) is 4. The lowest BCUT2D eigenvalue weighted by atomic mass is 10.0. The standard InChI is InChI=1S/C20H38O4/c1-3-18(2)20(23)24-19(17-22)15-13-11-9-7-5-4-6-8-10-12-14-16-21/h3,19,21-22H,4-17H2,1-2H3.